The normalized spacial score (nSPS) is 37.3. The molecule has 2 amide bonds. The van der Waals surface area contributed by atoms with Gasteiger partial charge < -0.3 is 115 Å². The summed E-state index contributed by atoms with van der Waals surface area (Å²) in [5.41, 5.74) is 5.98. The molecule has 1 aromatic carbocycles. The second-order valence-electron chi connectivity index (χ2n) is 16.2. The van der Waals surface area contributed by atoms with Crippen LogP contribution < -0.4 is 21.1 Å². The van der Waals surface area contributed by atoms with Crippen molar-refractivity contribution in [2.75, 3.05) is 23.7 Å². The van der Waals surface area contributed by atoms with E-state index in [9.17, 15) is 88.9 Å². The van der Waals surface area contributed by atoms with Crippen molar-refractivity contribution < 1.29 is 127 Å². The van der Waals surface area contributed by atoms with Gasteiger partial charge in [0.25, 0.3) is 10.0 Å². The second kappa shape index (κ2) is 25.4. The molecule has 0 unspecified atom stereocenters. The number of aliphatic hydroxyl groups is 10. The van der Waals surface area contributed by atoms with Gasteiger partial charge in [-0.1, -0.05) is 5.16 Å². The van der Waals surface area contributed by atoms with Gasteiger partial charge in [-0.3, -0.25) is 14.3 Å². The molecule has 5 heterocycles. The van der Waals surface area contributed by atoms with Gasteiger partial charge in [-0.2, -0.15) is 0 Å². The van der Waals surface area contributed by atoms with E-state index >= 15 is 0 Å². The molecule has 4 aliphatic heterocycles. The van der Waals surface area contributed by atoms with E-state index in [0.717, 1.165) is 13.8 Å². The Labute approximate surface area is 423 Å². The number of anilines is 2. The number of benzene rings is 1. The van der Waals surface area contributed by atoms with E-state index in [1.54, 1.807) is 6.92 Å². The van der Waals surface area contributed by atoms with E-state index < -0.39 is 170 Å². The molecule has 0 spiro atoms. The van der Waals surface area contributed by atoms with Crippen LogP contribution in [0, 0.1) is 6.92 Å². The van der Waals surface area contributed by atoms with Crippen LogP contribution in [-0.2, 0) is 62.4 Å². The number of ether oxygens (including phenoxy) is 7. The Bertz CT molecular complexity index is 2220. The van der Waals surface area contributed by atoms with Crippen LogP contribution in [0.3, 0.4) is 0 Å². The minimum absolute atomic E-state index is 0. The first-order chi connectivity index (χ1) is 32.8. The van der Waals surface area contributed by atoms with Crippen LogP contribution in [0.4, 0.5) is 11.5 Å². The van der Waals surface area contributed by atoms with E-state index in [-0.39, 0.29) is 40.3 Å². The number of hydrogen-bond donors (Lipinski definition) is 16. The summed E-state index contributed by atoms with van der Waals surface area (Å²) < 4.78 is 68.9. The molecule has 0 radical (unpaired) electrons. The molecule has 1 aromatic heterocycles. The molecule has 4 saturated heterocycles. The number of aromatic nitrogens is 1. The van der Waals surface area contributed by atoms with E-state index in [4.69, 9.17) is 43.4 Å². The fraction of sp³-hybridized carbons (Fsp3) is 0.658. The third-order valence-corrected chi connectivity index (χ3v) is 12.4. The van der Waals surface area contributed by atoms with Crippen LogP contribution in [0.15, 0.2) is 39.8 Å². The van der Waals surface area contributed by atoms with Gasteiger partial charge in [-0.25, -0.2) is 18.0 Å². The van der Waals surface area contributed by atoms with Gasteiger partial charge in [0.05, 0.1) is 18.1 Å². The van der Waals surface area contributed by atoms with Crippen molar-refractivity contribution in [1.29, 1.82) is 0 Å². The molecule has 20 atom stereocenters. The second-order valence-corrected chi connectivity index (χ2v) is 17.9. The standard InChI is InChI=1S/C28H44N2O23.C10H11N3O3S.Na.H/c1-5(33)29-9-18(11(35)7(3-31)47-25(9)46)49-28-17(41)15(39)20(22(53-28)24(44)45)51-26-10(30-6(2)34)19(12(36)8(4-32)48-26)50-27-16(40)13(37)14(38)21(52-27)23(42)43;1-7-6-10(12-16-7)13-17(14,15)9-4-2-8(11)3-5-9;;/h7-22,25-28,31-32,35-41,46H,3-4H2,1-2H3,(H,29,33)(H,30,34)(H,42,43)(H,44,45);2-6H,11H2,1H3,(H,12,13);;/t7-,8-,9-,10-,11-,12-,13+,14+,15-,16-,17-,18-,19-,20+,21+,22+,25-,26+,27-,28-;;;/m1.../s1. The topological polar surface area (TPSA) is 498 Å². The number of aliphatic hydroxyl groups excluding tert-OH is 10. The number of rotatable bonds is 15. The Morgan fingerprint density at radius 3 is 1.62 bits per heavy atom. The molecule has 0 aliphatic carbocycles. The SMILES string of the molecule is CC(=O)N[C@@H]1[C@@H](O[C@@H]2O[C@H](C(=O)O)[C@@H](O[C@@H]3O[C@H](CO)[C@@H](O)[C@H](O[C@@H]4O[C@H](C(=O)O)[C@@H](O)[C@H](O)[C@H]4O)[C@H]3NC(C)=O)[C@H](O)[C@H]2O)[C@H](O)[C@@H](CO)O[C@H]1O.Cc1cc(NS(=O)(=O)c2ccc(N)cc2)no1.[NaH]. The van der Waals surface area contributed by atoms with Gasteiger partial charge >= 0.3 is 41.5 Å². The zero-order chi connectivity index (χ0) is 52.1. The number of nitrogens with two attached hydrogens (primary N) is 1. The van der Waals surface area contributed by atoms with Gasteiger partial charge in [-0.15, -0.1) is 0 Å². The first kappa shape index (κ1) is 59.7. The molecule has 0 bridgehead atoms. The summed E-state index contributed by atoms with van der Waals surface area (Å²) in [5.74, 6) is -4.60. The Morgan fingerprint density at radius 1 is 0.648 bits per heavy atom. The molecule has 31 nitrogen and oxygen atoms in total. The zero-order valence-corrected chi connectivity index (χ0v) is 37.7. The number of carboxylic acids is 2. The third-order valence-electron chi connectivity index (χ3n) is 11.0. The Hall–Kier alpha value is -3.82. The molecule has 396 valence electrons. The van der Waals surface area contributed by atoms with Crippen LogP contribution >= 0.6 is 0 Å². The fourth-order valence-electron chi connectivity index (χ4n) is 7.56. The molecule has 4 aliphatic rings. The molecule has 17 N–H and O–H groups in total. The first-order valence-corrected chi connectivity index (χ1v) is 22.3. The average Bonchev–Trinajstić information content (AvgIpc) is 3.70. The summed E-state index contributed by atoms with van der Waals surface area (Å²) in [4.78, 5) is 48.3. The van der Waals surface area contributed by atoms with Crippen molar-refractivity contribution in [3.8, 4) is 0 Å². The number of aliphatic carboxylic acids is 2. The number of sulfonamides is 1. The number of nitrogen functional groups attached to an aromatic ring is 1. The summed E-state index contributed by atoms with van der Waals surface area (Å²) in [6.07, 6.45) is -36.5. The molecule has 71 heavy (non-hydrogen) atoms. The summed E-state index contributed by atoms with van der Waals surface area (Å²) >= 11 is 0. The summed E-state index contributed by atoms with van der Waals surface area (Å²) in [7, 11) is -3.64. The molecule has 2 aromatic rings. The number of hydrogen-bond acceptors (Lipinski definition) is 26. The molecular weight excluding hydrogens is 997 g/mol. The maximum atomic E-state index is 12.5. The quantitative estimate of drug-likeness (QED) is 0.0582. The Morgan fingerprint density at radius 2 is 1.13 bits per heavy atom. The Balaban J connectivity index is 0.000000510. The monoisotopic (exact) mass is 1050 g/mol. The number of nitrogens with one attached hydrogen (secondary N) is 3. The third kappa shape index (κ3) is 14.3. The summed E-state index contributed by atoms with van der Waals surface area (Å²) in [6.45, 7) is 1.79. The van der Waals surface area contributed by atoms with Gasteiger partial charge in [0, 0.05) is 25.6 Å². The predicted octanol–water partition coefficient (Wildman–Crippen LogP) is -8.56. The number of carbonyl (C=O) groups excluding carboxylic acids is 2. The van der Waals surface area contributed by atoms with Crippen LogP contribution in [-0.4, -0.2) is 264 Å². The summed E-state index contributed by atoms with van der Waals surface area (Å²) in [5, 5.41) is 132. The van der Waals surface area contributed by atoms with E-state index in [0.29, 0.717) is 11.4 Å². The molecule has 6 rings (SSSR count). The molecule has 33 heteroatoms. The van der Waals surface area contributed by atoms with Crippen molar-refractivity contribution in [2.45, 2.75) is 148 Å². The summed E-state index contributed by atoms with van der Waals surface area (Å²) in [6, 6.07) is 3.99. The van der Waals surface area contributed by atoms with Gasteiger partial charge in [-0.05, 0) is 31.2 Å². The van der Waals surface area contributed by atoms with Crippen molar-refractivity contribution >= 4 is 74.8 Å². The number of nitrogens with zero attached hydrogens (tertiary/aromatic N) is 1. The number of carbonyl (C=O) groups is 4. The van der Waals surface area contributed by atoms with Gasteiger partial charge in [0.15, 0.2) is 43.2 Å². The van der Waals surface area contributed by atoms with Gasteiger partial charge in [0.2, 0.25) is 11.8 Å². The molecule has 0 saturated carbocycles. The number of carboxylic acid groups (broad SMARTS) is 2. The van der Waals surface area contributed by atoms with Crippen molar-refractivity contribution in [3.63, 3.8) is 0 Å². The maximum absolute atomic E-state index is 12.5. The van der Waals surface area contributed by atoms with Crippen molar-refractivity contribution in [1.82, 2.24) is 15.8 Å². The van der Waals surface area contributed by atoms with E-state index in [1.807, 2.05) is 0 Å². The van der Waals surface area contributed by atoms with Crippen LogP contribution in [0.25, 0.3) is 0 Å². The minimum atomic E-state index is -3.64. The van der Waals surface area contributed by atoms with Crippen molar-refractivity contribution in [2.24, 2.45) is 0 Å². The van der Waals surface area contributed by atoms with E-state index in [2.05, 4.69) is 20.5 Å². The van der Waals surface area contributed by atoms with Crippen molar-refractivity contribution in [3.05, 3.63) is 36.1 Å². The van der Waals surface area contributed by atoms with E-state index in [1.165, 1.54) is 30.3 Å². The predicted molar refractivity (Wildman–Crippen MR) is 228 cm³/mol. The van der Waals surface area contributed by atoms with Gasteiger partial charge in [0.1, 0.15) is 91.1 Å². The van der Waals surface area contributed by atoms with Crippen LogP contribution in [0.2, 0.25) is 0 Å². The molecule has 4 fully saturated rings. The van der Waals surface area contributed by atoms with Crippen LogP contribution in [0.1, 0.15) is 19.6 Å². The zero-order valence-electron chi connectivity index (χ0n) is 36.9. The number of aryl methyl sites for hydroxylation is 1. The Kier molecular flexibility index (Phi) is 21.4. The first-order valence-electron chi connectivity index (χ1n) is 20.9. The number of amides is 2. The molecular formula is C38H56N5NaO26S. The average molecular weight is 1050 g/mol. The fourth-order valence-corrected chi connectivity index (χ4v) is 8.54. The van der Waals surface area contributed by atoms with Crippen LogP contribution in [0.5, 0.6) is 0 Å².